The molecule has 208 valence electrons. The largest absolute Gasteiger partial charge is 0.391 e. The van der Waals surface area contributed by atoms with Gasteiger partial charge in [0.1, 0.15) is 18.4 Å². The predicted octanol–water partition coefficient (Wildman–Crippen LogP) is -1.92. The topological polar surface area (TPSA) is 236 Å². The molecule has 1 heterocycles. The van der Waals surface area contributed by atoms with Gasteiger partial charge in [-0.25, -0.2) is 0 Å². The maximum Gasteiger partial charge on any atom is 0.245 e. The summed E-state index contributed by atoms with van der Waals surface area (Å²) in [6.45, 7) is 1.68. The maximum absolute atomic E-state index is 13.0. The van der Waals surface area contributed by atoms with E-state index in [1.54, 1.807) is 6.20 Å². The number of carbonyl (C=O) groups excluding carboxylic acids is 5. The Labute approximate surface area is 220 Å². The molecule has 0 aliphatic heterocycles. The highest BCUT2D eigenvalue weighted by Gasteiger charge is 2.31. The lowest BCUT2D eigenvalue weighted by atomic mass is 10.0. The van der Waals surface area contributed by atoms with Gasteiger partial charge in [0.2, 0.25) is 23.6 Å². The third-order valence-electron chi connectivity index (χ3n) is 6.01. The van der Waals surface area contributed by atoms with Crippen LogP contribution >= 0.6 is 0 Å². The van der Waals surface area contributed by atoms with Gasteiger partial charge in [-0.15, -0.1) is 0 Å². The second-order valence-corrected chi connectivity index (χ2v) is 9.16. The SMILES string of the molecule is C[C@@H](O)[C@H](NC(=O)[C@H](CCCCN)NC(=O)[C@@H](N)CC(N)=O)C(=O)N[C@H](C=O)Cc1c[nH]c2ccccc12. The molecule has 0 spiro atoms. The fraction of sp³-hybridized carbons (Fsp3) is 0.480. The maximum atomic E-state index is 13.0. The molecule has 0 fully saturated rings. The number of hydrogen-bond acceptors (Lipinski definition) is 8. The summed E-state index contributed by atoms with van der Waals surface area (Å²) in [5, 5.41) is 18.6. The summed E-state index contributed by atoms with van der Waals surface area (Å²) in [5.41, 5.74) is 18.0. The Morgan fingerprint density at radius 2 is 1.76 bits per heavy atom. The molecule has 0 bridgehead atoms. The summed E-state index contributed by atoms with van der Waals surface area (Å²) < 4.78 is 0. The van der Waals surface area contributed by atoms with E-state index in [1.807, 2.05) is 24.3 Å². The van der Waals surface area contributed by atoms with Crippen LogP contribution in [0.3, 0.4) is 0 Å². The van der Waals surface area contributed by atoms with Gasteiger partial charge in [-0.3, -0.25) is 19.2 Å². The number of amides is 4. The van der Waals surface area contributed by atoms with Crippen molar-refractivity contribution in [2.45, 2.75) is 69.3 Å². The average Bonchev–Trinajstić information content (AvgIpc) is 3.28. The normalized spacial score (nSPS) is 15.1. The van der Waals surface area contributed by atoms with E-state index in [9.17, 15) is 29.1 Å². The van der Waals surface area contributed by atoms with E-state index < -0.39 is 60.3 Å². The number of unbranched alkanes of at least 4 members (excludes halogenated alkanes) is 1. The van der Waals surface area contributed by atoms with Crippen molar-refractivity contribution in [3.63, 3.8) is 0 Å². The number of hydrogen-bond donors (Lipinski definition) is 8. The molecule has 0 aliphatic carbocycles. The van der Waals surface area contributed by atoms with Crippen LogP contribution in [-0.4, -0.2) is 76.8 Å². The Bertz CT molecular complexity index is 1120. The van der Waals surface area contributed by atoms with Gasteiger partial charge >= 0.3 is 0 Å². The molecule has 1 aromatic carbocycles. The Kier molecular flexibility index (Phi) is 11.9. The first-order chi connectivity index (χ1) is 18.1. The summed E-state index contributed by atoms with van der Waals surface area (Å²) in [5.74, 6) is -3.07. The van der Waals surface area contributed by atoms with Crippen LogP contribution in [0.2, 0.25) is 0 Å². The van der Waals surface area contributed by atoms with Crippen LogP contribution in [0.5, 0.6) is 0 Å². The van der Waals surface area contributed by atoms with Gasteiger partial charge in [-0.2, -0.15) is 0 Å². The van der Waals surface area contributed by atoms with E-state index in [1.165, 1.54) is 6.92 Å². The molecule has 0 radical (unpaired) electrons. The fourth-order valence-corrected chi connectivity index (χ4v) is 3.95. The highest BCUT2D eigenvalue weighted by Crippen LogP contribution is 2.19. The average molecular weight is 532 g/mol. The van der Waals surface area contributed by atoms with E-state index >= 15 is 0 Å². The van der Waals surface area contributed by atoms with Crippen LogP contribution in [0.1, 0.15) is 38.2 Å². The van der Waals surface area contributed by atoms with Gasteiger partial charge < -0.3 is 48.0 Å². The van der Waals surface area contributed by atoms with Gasteiger partial charge in [0.05, 0.1) is 24.6 Å². The van der Waals surface area contributed by atoms with Crippen molar-refractivity contribution in [1.82, 2.24) is 20.9 Å². The molecule has 2 rings (SSSR count). The fourth-order valence-electron chi connectivity index (χ4n) is 3.95. The number of H-pyrrole nitrogens is 1. The number of aliphatic hydroxyl groups excluding tert-OH is 1. The number of primary amides is 1. The number of para-hydroxylation sites is 1. The molecule has 4 amide bonds. The molecule has 0 saturated heterocycles. The third kappa shape index (κ3) is 8.94. The zero-order valence-corrected chi connectivity index (χ0v) is 21.3. The summed E-state index contributed by atoms with van der Waals surface area (Å²) in [6, 6.07) is 2.79. The first-order valence-corrected chi connectivity index (χ1v) is 12.4. The van der Waals surface area contributed by atoms with Gasteiger partial charge in [-0.1, -0.05) is 18.2 Å². The van der Waals surface area contributed by atoms with Crippen molar-refractivity contribution in [2.75, 3.05) is 6.54 Å². The molecular formula is C25H37N7O6. The Morgan fingerprint density at radius 1 is 1.05 bits per heavy atom. The van der Waals surface area contributed by atoms with Crippen LogP contribution in [0.15, 0.2) is 30.5 Å². The smallest absolute Gasteiger partial charge is 0.245 e. The van der Waals surface area contributed by atoms with Crippen LogP contribution in [0.25, 0.3) is 10.9 Å². The quantitative estimate of drug-likeness (QED) is 0.0895. The number of aromatic amines is 1. The van der Waals surface area contributed by atoms with E-state index in [0.717, 1.165) is 16.5 Å². The van der Waals surface area contributed by atoms with E-state index in [-0.39, 0.29) is 12.8 Å². The zero-order chi connectivity index (χ0) is 28.2. The van der Waals surface area contributed by atoms with Crippen molar-refractivity contribution < 1.29 is 29.1 Å². The second kappa shape index (κ2) is 14.8. The first kappa shape index (κ1) is 30.4. The number of carbonyl (C=O) groups is 5. The molecule has 1 aromatic heterocycles. The lowest BCUT2D eigenvalue weighted by molar-refractivity contribution is -0.135. The van der Waals surface area contributed by atoms with Crippen molar-refractivity contribution in [1.29, 1.82) is 0 Å². The van der Waals surface area contributed by atoms with Crippen molar-refractivity contribution in [2.24, 2.45) is 17.2 Å². The third-order valence-corrected chi connectivity index (χ3v) is 6.01. The van der Waals surface area contributed by atoms with Crippen LogP contribution in [0, 0.1) is 0 Å². The van der Waals surface area contributed by atoms with Gasteiger partial charge in [-0.05, 0) is 44.4 Å². The molecule has 2 aromatic rings. The lowest BCUT2D eigenvalue weighted by Crippen LogP contribution is -2.59. The molecule has 13 nitrogen and oxygen atoms in total. The van der Waals surface area contributed by atoms with Gasteiger partial charge in [0, 0.05) is 23.5 Å². The summed E-state index contributed by atoms with van der Waals surface area (Å²) in [4.78, 5) is 64.4. The number of aldehydes is 1. The minimum Gasteiger partial charge on any atom is -0.391 e. The molecule has 0 unspecified atom stereocenters. The van der Waals surface area contributed by atoms with E-state index in [4.69, 9.17) is 17.2 Å². The monoisotopic (exact) mass is 531 g/mol. The minimum absolute atomic E-state index is 0.170. The minimum atomic E-state index is -1.42. The van der Waals surface area contributed by atoms with Crippen LogP contribution in [0.4, 0.5) is 0 Å². The number of benzene rings is 1. The van der Waals surface area contributed by atoms with Crippen molar-refractivity contribution >= 4 is 40.8 Å². The first-order valence-electron chi connectivity index (χ1n) is 12.4. The molecule has 38 heavy (non-hydrogen) atoms. The molecule has 5 atom stereocenters. The number of rotatable bonds is 16. The molecular weight excluding hydrogens is 494 g/mol. The summed E-state index contributed by atoms with van der Waals surface area (Å²) in [6.07, 6.45) is 2.00. The number of aliphatic hydroxyl groups is 1. The number of fused-ring (bicyclic) bond motifs is 1. The summed E-state index contributed by atoms with van der Waals surface area (Å²) >= 11 is 0. The highest BCUT2D eigenvalue weighted by atomic mass is 16.3. The molecule has 0 saturated carbocycles. The highest BCUT2D eigenvalue weighted by molar-refractivity contribution is 5.95. The van der Waals surface area contributed by atoms with Crippen molar-refractivity contribution in [3.05, 3.63) is 36.0 Å². The predicted molar refractivity (Wildman–Crippen MR) is 140 cm³/mol. The second-order valence-electron chi connectivity index (χ2n) is 9.16. The van der Waals surface area contributed by atoms with E-state index in [2.05, 4.69) is 20.9 Å². The molecule has 11 N–H and O–H groups in total. The Hall–Kier alpha value is -3.81. The van der Waals surface area contributed by atoms with Crippen LogP contribution < -0.4 is 33.2 Å². The van der Waals surface area contributed by atoms with Gasteiger partial charge in [0.15, 0.2) is 0 Å². The standard InChI is InChI=1S/C25H37N7O6/c1-14(34)22(25(38)30-16(13-33)10-15-12-29-19-7-3-2-6-17(15)19)32-24(37)20(8-4-5-9-26)31-23(36)18(27)11-21(28)35/h2-3,6-7,12-14,16,18,20,22,29,34H,4-5,8-11,26-27H2,1H3,(H2,28,35)(H,30,38)(H,31,36)(H,32,37)/t14-,16+,18+,20+,22+/m1/s1. The number of nitrogens with two attached hydrogens (primary N) is 3. The molecule has 13 heteroatoms. The number of nitrogens with one attached hydrogen (secondary N) is 4. The van der Waals surface area contributed by atoms with E-state index in [0.29, 0.717) is 25.7 Å². The Balaban J connectivity index is 2.10. The zero-order valence-electron chi connectivity index (χ0n) is 21.3. The summed E-state index contributed by atoms with van der Waals surface area (Å²) in [7, 11) is 0. The van der Waals surface area contributed by atoms with Gasteiger partial charge in [0.25, 0.3) is 0 Å². The Morgan fingerprint density at radius 3 is 2.39 bits per heavy atom. The lowest BCUT2D eigenvalue weighted by Gasteiger charge is -2.26. The van der Waals surface area contributed by atoms with Crippen LogP contribution in [-0.2, 0) is 30.4 Å². The molecule has 0 aliphatic rings. The van der Waals surface area contributed by atoms with Crippen molar-refractivity contribution in [3.8, 4) is 0 Å². The number of aromatic nitrogens is 1.